The molecular weight excluding hydrogens is 236 g/mol. The Kier molecular flexibility index (Phi) is 4.87. The first-order valence-electron chi connectivity index (χ1n) is 4.27. The molecule has 0 aromatic carbocycles. The van der Waals surface area contributed by atoms with Gasteiger partial charge in [-0.05, 0) is 11.6 Å². The van der Waals surface area contributed by atoms with E-state index >= 15 is 0 Å². The van der Waals surface area contributed by atoms with E-state index < -0.39 is 12.0 Å². The lowest BCUT2D eigenvalue weighted by atomic mass is 10.3. The molecule has 3 N–H and O–H groups in total. The van der Waals surface area contributed by atoms with Gasteiger partial charge in [-0.1, -0.05) is 17.7 Å². The smallest absolute Gasteiger partial charge is 0.321 e. The molecule has 0 bridgehead atoms. The molecule has 6 heteroatoms. The summed E-state index contributed by atoms with van der Waals surface area (Å²) in [6.07, 6.45) is 1.61. The SMILES string of the molecule is N[C@@H](CSCc1cccnc1Cl)C(=O)O. The van der Waals surface area contributed by atoms with E-state index in [0.29, 0.717) is 16.7 Å². The number of nitrogens with two attached hydrogens (primary N) is 1. The van der Waals surface area contributed by atoms with E-state index in [2.05, 4.69) is 4.98 Å². The van der Waals surface area contributed by atoms with E-state index in [-0.39, 0.29) is 0 Å². The lowest BCUT2D eigenvalue weighted by Crippen LogP contribution is -2.32. The summed E-state index contributed by atoms with van der Waals surface area (Å²) in [5, 5.41) is 9.01. The van der Waals surface area contributed by atoms with Gasteiger partial charge in [-0.25, -0.2) is 4.98 Å². The van der Waals surface area contributed by atoms with Crippen molar-refractivity contribution in [2.24, 2.45) is 5.73 Å². The molecule has 1 heterocycles. The summed E-state index contributed by atoms with van der Waals surface area (Å²) in [5.74, 6) is -0.00594. The van der Waals surface area contributed by atoms with Gasteiger partial charge in [0.25, 0.3) is 0 Å². The van der Waals surface area contributed by atoms with Crippen molar-refractivity contribution in [2.75, 3.05) is 5.75 Å². The summed E-state index contributed by atoms with van der Waals surface area (Å²) >= 11 is 7.26. The first-order valence-corrected chi connectivity index (χ1v) is 5.80. The monoisotopic (exact) mass is 246 g/mol. The predicted molar refractivity (Wildman–Crippen MR) is 61.0 cm³/mol. The van der Waals surface area contributed by atoms with Crippen LogP contribution in [0.1, 0.15) is 5.56 Å². The highest BCUT2D eigenvalue weighted by atomic mass is 35.5. The summed E-state index contributed by atoms with van der Waals surface area (Å²) in [6.45, 7) is 0. The lowest BCUT2D eigenvalue weighted by molar-refractivity contribution is -0.137. The fraction of sp³-hybridized carbons (Fsp3) is 0.333. The van der Waals surface area contributed by atoms with Gasteiger partial charge in [0.15, 0.2) is 0 Å². The molecule has 0 unspecified atom stereocenters. The number of carboxylic acid groups (broad SMARTS) is 1. The van der Waals surface area contributed by atoms with Crippen molar-refractivity contribution >= 4 is 29.3 Å². The number of thioether (sulfide) groups is 1. The van der Waals surface area contributed by atoms with Crippen molar-refractivity contribution in [2.45, 2.75) is 11.8 Å². The third-order valence-corrected chi connectivity index (χ3v) is 3.16. The Hall–Kier alpha value is -0.780. The van der Waals surface area contributed by atoms with Crippen LogP contribution >= 0.6 is 23.4 Å². The minimum absolute atomic E-state index is 0.362. The molecule has 0 saturated heterocycles. The maximum absolute atomic E-state index is 10.4. The van der Waals surface area contributed by atoms with Crippen LogP contribution in [-0.2, 0) is 10.5 Å². The number of hydrogen-bond donors (Lipinski definition) is 2. The van der Waals surface area contributed by atoms with Crippen molar-refractivity contribution in [1.82, 2.24) is 4.98 Å². The molecule has 4 nitrogen and oxygen atoms in total. The first-order chi connectivity index (χ1) is 7.11. The zero-order valence-electron chi connectivity index (χ0n) is 7.89. The zero-order valence-corrected chi connectivity index (χ0v) is 9.46. The van der Waals surface area contributed by atoms with Crippen LogP contribution in [0.5, 0.6) is 0 Å². The Morgan fingerprint density at radius 3 is 3.07 bits per heavy atom. The molecule has 1 aromatic rings. The number of hydrogen-bond acceptors (Lipinski definition) is 4. The first kappa shape index (κ1) is 12.3. The molecular formula is C9H11ClN2O2S. The molecule has 0 radical (unpaired) electrons. The third kappa shape index (κ3) is 4.07. The van der Waals surface area contributed by atoms with Crippen LogP contribution in [0.2, 0.25) is 5.15 Å². The van der Waals surface area contributed by atoms with Gasteiger partial charge in [-0.15, -0.1) is 0 Å². The average molecular weight is 247 g/mol. The Labute approximate surface area is 96.8 Å². The van der Waals surface area contributed by atoms with Crippen LogP contribution in [0.25, 0.3) is 0 Å². The van der Waals surface area contributed by atoms with Gasteiger partial charge in [-0.2, -0.15) is 11.8 Å². The minimum atomic E-state index is -0.986. The highest BCUT2D eigenvalue weighted by Crippen LogP contribution is 2.18. The normalized spacial score (nSPS) is 12.4. The van der Waals surface area contributed by atoms with E-state index in [4.69, 9.17) is 22.4 Å². The number of nitrogens with zero attached hydrogens (tertiary/aromatic N) is 1. The molecule has 0 fully saturated rings. The van der Waals surface area contributed by atoms with Gasteiger partial charge in [0.1, 0.15) is 11.2 Å². The lowest BCUT2D eigenvalue weighted by Gasteiger charge is -2.06. The number of halogens is 1. The summed E-state index contributed by atoms with van der Waals surface area (Å²) < 4.78 is 0. The van der Waals surface area contributed by atoms with Crippen LogP contribution in [0.4, 0.5) is 0 Å². The van der Waals surface area contributed by atoms with Crippen molar-refractivity contribution in [1.29, 1.82) is 0 Å². The number of rotatable bonds is 5. The topological polar surface area (TPSA) is 76.2 Å². The van der Waals surface area contributed by atoms with Crippen LogP contribution in [0, 0.1) is 0 Å². The Balaban J connectivity index is 2.38. The number of pyridine rings is 1. The van der Waals surface area contributed by atoms with Crippen LogP contribution in [0.15, 0.2) is 18.3 Å². The molecule has 82 valence electrons. The maximum atomic E-state index is 10.4. The van der Waals surface area contributed by atoms with Crippen LogP contribution < -0.4 is 5.73 Å². The Morgan fingerprint density at radius 2 is 2.47 bits per heavy atom. The van der Waals surface area contributed by atoms with E-state index in [1.165, 1.54) is 11.8 Å². The summed E-state index contributed by atoms with van der Waals surface area (Å²) in [7, 11) is 0. The number of carboxylic acids is 1. The van der Waals surface area contributed by atoms with Gasteiger partial charge in [0.05, 0.1) is 0 Å². The highest BCUT2D eigenvalue weighted by Gasteiger charge is 2.11. The van der Waals surface area contributed by atoms with Crippen molar-refractivity contribution in [3.8, 4) is 0 Å². The molecule has 15 heavy (non-hydrogen) atoms. The predicted octanol–water partition coefficient (Wildman–Crippen LogP) is 1.38. The largest absolute Gasteiger partial charge is 0.480 e. The maximum Gasteiger partial charge on any atom is 0.321 e. The molecule has 0 aliphatic carbocycles. The summed E-state index contributed by atoms with van der Waals surface area (Å²) in [4.78, 5) is 14.3. The average Bonchev–Trinajstić information content (AvgIpc) is 2.20. The number of aromatic nitrogens is 1. The van der Waals surface area contributed by atoms with E-state index in [9.17, 15) is 4.79 Å². The second kappa shape index (κ2) is 5.95. The van der Waals surface area contributed by atoms with Crippen LogP contribution in [-0.4, -0.2) is 27.9 Å². The molecule has 1 aromatic heterocycles. The second-order valence-corrected chi connectivity index (χ2v) is 4.30. The van der Waals surface area contributed by atoms with Gasteiger partial charge in [0.2, 0.25) is 0 Å². The fourth-order valence-electron chi connectivity index (χ4n) is 0.894. The van der Waals surface area contributed by atoms with Crippen molar-refractivity contribution in [3.05, 3.63) is 29.0 Å². The molecule has 1 rings (SSSR count). The molecule has 0 spiro atoms. The summed E-state index contributed by atoms with van der Waals surface area (Å²) in [5.41, 5.74) is 6.24. The van der Waals surface area contributed by atoms with E-state index in [1.807, 2.05) is 6.07 Å². The number of carbonyl (C=O) groups is 1. The molecule has 0 saturated carbocycles. The minimum Gasteiger partial charge on any atom is -0.480 e. The van der Waals surface area contributed by atoms with Crippen molar-refractivity contribution < 1.29 is 9.90 Å². The van der Waals surface area contributed by atoms with Crippen molar-refractivity contribution in [3.63, 3.8) is 0 Å². The summed E-state index contributed by atoms with van der Waals surface area (Å²) in [6, 6.07) is 2.82. The van der Waals surface area contributed by atoms with Gasteiger partial charge in [0, 0.05) is 17.7 Å². The van der Waals surface area contributed by atoms with E-state index in [1.54, 1.807) is 12.3 Å². The molecule has 0 aliphatic heterocycles. The fourth-order valence-corrected chi connectivity index (χ4v) is 2.13. The zero-order chi connectivity index (χ0) is 11.3. The second-order valence-electron chi connectivity index (χ2n) is 2.91. The standard InChI is InChI=1S/C9H11ClN2O2S/c10-8-6(2-1-3-12-8)4-15-5-7(11)9(13)14/h1-3,7H,4-5,11H2,(H,13,14)/t7-/m0/s1. The quantitative estimate of drug-likeness (QED) is 0.768. The number of aliphatic carboxylic acids is 1. The molecule has 0 amide bonds. The molecule has 0 aliphatic rings. The Bertz CT molecular complexity index is 349. The van der Waals surface area contributed by atoms with Gasteiger partial charge in [-0.3, -0.25) is 4.79 Å². The van der Waals surface area contributed by atoms with E-state index in [0.717, 1.165) is 5.56 Å². The van der Waals surface area contributed by atoms with Gasteiger partial charge < -0.3 is 10.8 Å². The molecule has 1 atom stereocenters. The van der Waals surface area contributed by atoms with Crippen LogP contribution in [0.3, 0.4) is 0 Å². The van der Waals surface area contributed by atoms with Gasteiger partial charge >= 0.3 is 5.97 Å². The Morgan fingerprint density at radius 1 is 1.73 bits per heavy atom. The highest BCUT2D eigenvalue weighted by molar-refractivity contribution is 7.98. The third-order valence-electron chi connectivity index (χ3n) is 1.71.